The summed E-state index contributed by atoms with van der Waals surface area (Å²) in [6, 6.07) is 0. The predicted molar refractivity (Wildman–Crippen MR) is 130 cm³/mol. The molecular formula is C20H34N4O4S2Si. The van der Waals surface area contributed by atoms with Crippen molar-refractivity contribution < 1.29 is 19.1 Å². The van der Waals surface area contributed by atoms with Gasteiger partial charge in [-0.3, -0.25) is 19.4 Å². The van der Waals surface area contributed by atoms with E-state index in [0.717, 1.165) is 14.9 Å². The summed E-state index contributed by atoms with van der Waals surface area (Å²) in [4.78, 5) is 35.2. The van der Waals surface area contributed by atoms with Gasteiger partial charge < -0.3 is 9.53 Å². The maximum Gasteiger partial charge on any atom is 0.225 e. The van der Waals surface area contributed by atoms with Crippen molar-refractivity contribution in [2.75, 3.05) is 23.9 Å². The fourth-order valence-corrected chi connectivity index (χ4v) is 4.44. The van der Waals surface area contributed by atoms with Crippen LogP contribution in [0.15, 0.2) is 12.4 Å². The van der Waals surface area contributed by atoms with Gasteiger partial charge in [0.2, 0.25) is 11.8 Å². The van der Waals surface area contributed by atoms with E-state index in [4.69, 9.17) is 9.53 Å². The van der Waals surface area contributed by atoms with Crippen LogP contribution in [-0.2, 0) is 27.2 Å². The van der Waals surface area contributed by atoms with Crippen LogP contribution in [-0.4, -0.2) is 49.3 Å². The Labute approximate surface area is 194 Å². The minimum absolute atomic E-state index is 0.00813. The van der Waals surface area contributed by atoms with E-state index in [2.05, 4.69) is 43.8 Å². The molecule has 0 saturated heterocycles. The molecule has 11 heteroatoms. The Kier molecular flexibility index (Phi) is 9.96. The highest BCUT2D eigenvalue weighted by Gasteiger charge is 2.37. The van der Waals surface area contributed by atoms with E-state index >= 15 is 0 Å². The molecule has 2 aromatic rings. The first-order chi connectivity index (χ1) is 14.2. The molecule has 0 atom stereocenters. The third-order valence-electron chi connectivity index (χ3n) is 5.14. The van der Waals surface area contributed by atoms with Gasteiger partial charge >= 0.3 is 0 Å². The third kappa shape index (κ3) is 8.07. The van der Waals surface area contributed by atoms with E-state index < -0.39 is 8.32 Å². The molecule has 0 aliphatic rings. The Hall–Kier alpha value is -1.66. The molecule has 0 bridgehead atoms. The molecule has 0 radical (unpaired) electrons. The number of aromatic nitrogens is 2. The molecule has 1 N–H and O–H groups in total. The summed E-state index contributed by atoms with van der Waals surface area (Å²) in [5.41, 5.74) is 0. The second kappa shape index (κ2) is 11.3. The molecule has 0 fully saturated rings. The minimum atomic E-state index is -1.73. The van der Waals surface area contributed by atoms with Crippen molar-refractivity contribution in [2.45, 2.75) is 66.0 Å². The number of rotatable bonds is 6. The molecule has 174 valence electrons. The van der Waals surface area contributed by atoms with Crippen LogP contribution in [0.1, 0.15) is 44.4 Å². The van der Waals surface area contributed by atoms with Gasteiger partial charge in [0.15, 0.2) is 18.6 Å². The molecule has 31 heavy (non-hydrogen) atoms. The Bertz CT molecular complexity index is 877. The highest BCUT2D eigenvalue weighted by Crippen LogP contribution is 2.37. The highest BCUT2D eigenvalue weighted by atomic mass is 32.1. The lowest BCUT2D eigenvalue weighted by atomic mass is 10.2. The van der Waals surface area contributed by atoms with E-state index in [9.17, 15) is 9.59 Å². The average molecular weight is 487 g/mol. The Morgan fingerprint density at radius 2 is 1.42 bits per heavy atom. The number of carbonyl (C=O) groups excluding carboxylic acids is 2. The zero-order valence-corrected chi connectivity index (χ0v) is 22.5. The van der Waals surface area contributed by atoms with E-state index in [1.807, 2.05) is 0 Å². The Balaban J connectivity index is 0.000000343. The fourth-order valence-electron chi connectivity index (χ4n) is 1.78. The van der Waals surface area contributed by atoms with Gasteiger partial charge in [0.1, 0.15) is 0 Å². The number of amides is 2. The number of aliphatic hydroxyl groups is 1. The monoisotopic (exact) mass is 486 g/mol. The number of hydrogen-bond acceptors (Lipinski definition) is 8. The molecule has 2 rings (SSSR count). The third-order valence-corrected chi connectivity index (χ3v) is 11.7. The predicted octanol–water partition coefficient (Wildman–Crippen LogP) is 4.27. The first kappa shape index (κ1) is 27.4. The van der Waals surface area contributed by atoms with Gasteiger partial charge in [0.25, 0.3) is 0 Å². The number of nitrogens with zero attached hydrogens (tertiary/aromatic N) is 4. The van der Waals surface area contributed by atoms with E-state index in [1.54, 1.807) is 31.4 Å². The molecule has 2 amide bonds. The van der Waals surface area contributed by atoms with Gasteiger partial charge in [-0.25, -0.2) is 9.97 Å². The molecule has 0 aliphatic carbocycles. The number of carbonyl (C=O) groups is 2. The number of hydrogen-bond donors (Lipinski definition) is 1. The summed E-state index contributed by atoms with van der Waals surface area (Å²) < 4.78 is 6.14. The first-order valence-corrected chi connectivity index (χ1v) is 14.4. The maximum absolute atomic E-state index is 11.3. The molecule has 0 unspecified atom stereocenters. The summed E-state index contributed by atoms with van der Waals surface area (Å²) in [7, 11) is 1.66. The lowest BCUT2D eigenvalue weighted by Crippen LogP contribution is -2.40. The van der Waals surface area contributed by atoms with Gasteiger partial charge in [-0.05, 0) is 18.1 Å². The molecular weight excluding hydrogens is 452 g/mol. The first-order valence-electron chi connectivity index (χ1n) is 9.82. The van der Waals surface area contributed by atoms with Crippen LogP contribution in [0.5, 0.6) is 0 Å². The highest BCUT2D eigenvalue weighted by molar-refractivity contribution is 7.16. The summed E-state index contributed by atoms with van der Waals surface area (Å²) >= 11 is 2.83. The summed E-state index contributed by atoms with van der Waals surface area (Å²) in [5, 5.41) is 10.3. The molecule has 0 spiro atoms. The summed E-state index contributed by atoms with van der Waals surface area (Å²) in [6.07, 6.45) is 3.37. The molecule has 8 nitrogen and oxygen atoms in total. The van der Waals surface area contributed by atoms with Crippen molar-refractivity contribution >= 4 is 53.1 Å². The molecule has 0 aliphatic heterocycles. The van der Waals surface area contributed by atoms with Gasteiger partial charge in [-0.1, -0.05) is 43.4 Å². The second-order valence-corrected chi connectivity index (χ2v) is 15.6. The fraction of sp³-hybridized carbons (Fsp3) is 0.600. The van der Waals surface area contributed by atoms with Crippen LogP contribution in [0.4, 0.5) is 10.3 Å². The molecule has 0 aromatic carbocycles. The van der Waals surface area contributed by atoms with E-state index in [-0.39, 0.29) is 23.5 Å². The van der Waals surface area contributed by atoms with Crippen LogP contribution in [0.25, 0.3) is 0 Å². The Morgan fingerprint density at radius 3 is 1.77 bits per heavy atom. The number of aliphatic hydroxyl groups excluding tert-OH is 1. The summed E-state index contributed by atoms with van der Waals surface area (Å²) in [5.74, 6) is -0.0694. The molecule has 0 saturated carbocycles. The molecule has 2 heterocycles. The SMILES string of the molecule is CC(=O)N(C)c1ncc(CO)s1.CC(=O)N(C)c1ncc(CO[Si](C)(C)C(C)(C)C)s1. The van der Waals surface area contributed by atoms with Crippen LogP contribution in [0.3, 0.4) is 0 Å². The van der Waals surface area contributed by atoms with Gasteiger partial charge in [0.05, 0.1) is 23.0 Å². The van der Waals surface area contributed by atoms with Crippen molar-refractivity contribution in [3.05, 3.63) is 22.1 Å². The van der Waals surface area contributed by atoms with Crippen molar-refractivity contribution in [1.82, 2.24) is 9.97 Å². The van der Waals surface area contributed by atoms with E-state index in [0.29, 0.717) is 11.7 Å². The molecule has 2 aromatic heterocycles. The standard InChI is InChI=1S/C13H24N2O2SSi.C7H10N2O2S/c1-10(16)15(5)12-14-8-11(18-12)9-17-19(6,7)13(2,3)4;1-5(11)9(2)7-8-3-6(4-10)12-7/h8H,9H2,1-7H3;3,10H,4H2,1-2H3. The number of thiazole rings is 2. The average Bonchev–Trinajstić information content (AvgIpc) is 3.34. The zero-order valence-electron chi connectivity index (χ0n) is 19.8. The van der Waals surface area contributed by atoms with Crippen molar-refractivity contribution in [3.8, 4) is 0 Å². The quantitative estimate of drug-likeness (QED) is 0.613. The van der Waals surface area contributed by atoms with Crippen LogP contribution in [0.2, 0.25) is 18.1 Å². The number of anilines is 2. The van der Waals surface area contributed by atoms with Gasteiger partial charge in [-0.15, -0.1) is 0 Å². The minimum Gasteiger partial charge on any atom is -0.412 e. The van der Waals surface area contributed by atoms with Crippen molar-refractivity contribution in [1.29, 1.82) is 0 Å². The maximum atomic E-state index is 11.3. The normalized spacial score (nSPS) is 11.5. The van der Waals surface area contributed by atoms with Gasteiger partial charge in [-0.2, -0.15) is 0 Å². The van der Waals surface area contributed by atoms with Gasteiger partial charge in [0, 0.05) is 40.3 Å². The van der Waals surface area contributed by atoms with Crippen LogP contribution < -0.4 is 9.80 Å². The van der Waals surface area contributed by atoms with Crippen molar-refractivity contribution in [3.63, 3.8) is 0 Å². The second-order valence-electron chi connectivity index (χ2n) is 8.58. The lowest BCUT2D eigenvalue weighted by molar-refractivity contribution is -0.117. The Morgan fingerprint density at radius 1 is 1.00 bits per heavy atom. The van der Waals surface area contributed by atoms with Crippen LogP contribution in [0, 0.1) is 0 Å². The van der Waals surface area contributed by atoms with Crippen molar-refractivity contribution in [2.24, 2.45) is 0 Å². The lowest BCUT2D eigenvalue weighted by Gasteiger charge is -2.35. The zero-order chi connectivity index (χ0) is 24.0. The summed E-state index contributed by atoms with van der Waals surface area (Å²) in [6.45, 7) is 14.7. The largest absolute Gasteiger partial charge is 0.412 e. The topological polar surface area (TPSA) is 95.9 Å². The smallest absolute Gasteiger partial charge is 0.225 e. The van der Waals surface area contributed by atoms with Crippen LogP contribution >= 0.6 is 22.7 Å². The van der Waals surface area contributed by atoms with E-state index in [1.165, 1.54) is 41.4 Å².